The van der Waals surface area contributed by atoms with Crippen LogP contribution < -0.4 is 5.32 Å². The van der Waals surface area contributed by atoms with E-state index in [2.05, 4.69) is 15.4 Å². The van der Waals surface area contributed by atoms with Gasteiger partial charge in [0.15, 0.2) is 5.65 Å². The Labute approximate surface area is 117 Å². The summed E-state index contributed by atoms with van der Waals surface area (Å²) in [6.45, 7) is 5.86. The fourth-order valence-corrected chi connectivity index (χ4v) is 1.60. The summed E-state index contributed by atoms with van der Waals surface area (Å²) in [5.41, 5.74) is 1.15. The van der Waals surface area contributed by atoms with Gasteiger partial charge in [0, 0.05) is 12.7 Å². The minimum absolute atomic E-state index is 0.384. The number of carbonyl (C=O) groups excluding carboxylic acids is 1. The third-order valence-electron chi connectivity index (χ3n) is 2.36. The molecule has 0 aliphatic carbocycles. The Morgan fingerprint density at radius 2 is 2.30 bits per heavy atom. The molecule has 20 heavy (non-hydrogen) atoms. The first-order chi connectivity index (χ1) is 9.46. The van der Waals surface area contributed by atoms with Crippen LogP contribution in [-0.4, -0.2) is 32.8 Å². The van der Waals surface area contributed by atoms with Crippen LogP contribution in [-0.2, 0) is 4.74 Å². The van der Waals surface area contributed by atoms with Gasteiger partial charge in [-0.15, -0.1) is 0 Å². The molecule has 1 amide bonds. The van der Waals surface area contributed by atoms with Gasteiger partial charge >= 0.3 is 6.09 Å². The number of amides is 1. The summed E-state index contributed by atoms with van der Waals surface area (Å²) in [7, 11) is 0. The summed E-state index contributed by atoms with van der Waals surface area (Å²) in [6.07, 6.45) is 6.67. The van der Waals surface area contributed by atoms with Crippen LogP contribution in [0.5, 0.6) is 0 Å². The Bertz CT molecular complexity index is 625. The van der Waals surface area contributed by atoms with Gasteiger partial charge in [-0.25, -0.2) is 14.3 Å². The fourth-order valence-electron chi connectivity index (χ4n) is 1.60. The molecule has 2 aromatic rings. The van der Waals surface area contributed by atoms with E-state index in [1.807, 2.05) is 45.1 Å². The maximum atomic E-state index is 11.4. The van der Waals surface area contributed by atoms with E-state index < -0.39 is 11.7 Å². The predicted octanol–water partition coefficient (Wildman–Crippen LogP) is 2.27. The third kappa shape index (κ3) is 3.81. The van der Waals surface area contributed by atoms with E-state index in [4.69, 9.17) is 4.74 Å². The van der Waals surface area contributed by atoms with Gasteiger partial charge in [-0.05, 0) is 39.0 Å². The van der Waals surface area contributed by atoms with Gasteiger partial charge in [0.1, 0.15) is 5.60 Å². The molecule has 0 radical (unpaired) electrons. The first-order valence-corrected chi connectivity index (χ1v) is 6.38. The van der Waals surface area contributed by atoms with Gasteiger partial charge in [-0.1, -0.05) is 6.08 Å². The molecule has 2 rings (SSSR count). The molecule has 0 fully saturated rings. The molecule has 0 saturated heterocycles. The molecule has 0 unspecified atom stereocenters. The van der Waals surface area contributed by atoms with Gasteiger partial charge in [-0.2, -0.15) is 5.10 Å². The quantitative estimate of drug-likeness (QED) is 0.932. The molecule has 6 heteroatoms. The lowest BCUT2D eigenvalue weighted by Crippen LogP contribution is -2.32. The Kier molecular flexibility index (Phi) is 4.02. The molecule has 0 saturated carbocycles. The number of imidazole rings is 1. The molecule has 2 heterocycles. The van der Waals surface area contributed by atoms with Gasteiger partial charge in [0.25, 0.3) is 0 Å². The lowest BCUT2D eigenvalue weighted by Gasteiger charge is -2.19. The van der Waals surface area contributed by atoms with Crippen molar-refractivity contribution in [3.05, 3.63) is 36.3 Å². The molecular formula is C14H18N4O2. The number of hydrogen-bond acceptors (Lipinski definition) is 4. The second-order valence-electron chi connectivity index (χ2n) is 5.26. The number of hydrogen-bond donors (Lipinski definition) is 1. The van der Waals surface area contributed by atoms with E-state index in [9.17, 15) is 4.79 Å². The van der Waals surface area contributed by atoms with Crippen molar-refractivity contribution in [2.45, 2.75) is 26.4 Å². The minimum Gasteiger partial charge on any atom is -0.444 e. The van der Waals surface area contributed by atoms with Crippen LogP contribution in [0.1, 0.15) is 26.5 Å². The molecule has 0 aromatic carbocycles. The first-order valence-electron chi connectivity index (χ1n) is 6.38. The number of nitrogens with one attached hydrogen (secondary N) is 1. The number of nitrogens with zero attached hydrogens (tertiary/aromatic N) is 3. The van der Waals surface area contributed by atoms with Crippen LogP contribution in [0.3, 0.4) is 0 Å². The SMILES string of the molecule is CC(C)(C)OC(=O)NCC=Cc1cnc2cccnn12. The lowest BCUT2D eigenvalue weighted by molar-refractivity contribution is 0.0534. The number of ether oxygens (including phenoxy) is 1. The van der Waals surface area contributed by atoms with Crippen molar-refractivity contribution >= 4 is 17.8 Å². The second kappa shape index (κ2) is 5.73. The highest BCUT2D eigenvalue weighted by molar-refractivity contribution is 5.68. The second-order valence-corrected chi connectivity index (χ2v) is 5.26. The maximum absolute atomic E-state index is 11.4. The molecule has 0 spiro atoms. The molecule has 1 N–H and O–H groups in total. The number of carbonyl (C=O) groups is 1. The van der Waals surface area contributed by atoms with Gasteiger partial charge in [0.2, 0.25) is 0 Å². The van der Waals surface area contributed by atoms with Crippen molar-refractivity contribution in [3.8, 4) is 0 Å². The lowest BCUT2D eigenvalue weighted by atomic mass is 10.2. The Morgan fingerprint density at radius 1 is 1.50 bits per heavy atom. The van der Waals surface area contributed by atoms with E-state index in [0.29, 0.717) is 6.54 Å². The average Bonchev–Trinajstić information content (AvgIpc) is 2.76. The fraction of sp³-hybridized carbons (Fsp3) is 0.357. The zero-order valence-corrected chi connectivity index (χ0v) is 11.8. The molecule has 2 aromatic heterocycles. The molecule has 0 aliphatic heterocycles. The molecule has 0 bridgehead atoms. The predicted molar refractivity (Wildman–Crippen MR) is 76.3 cm³/mol. The number of alkyl carbamates (subject to hydrolysis) is 1. The number of fused-ring (bicyclic) bond motifs is 1. The standard InChI is InChI=1S/C14H18N4O2/c1-14(2,3)20-13(19)15-8-4-6-11-10-16-12-7-5-9-17-18(11)12/h4-7,9-10H,8H2,1-3H3,(H,15,19). The highest BCUT2D eigenvalue weighted by Crippen LogP contribution is 2.07. The summed E-state index contributed by atoms with van der Waals surface area (Å²) < 4.78 is 6.86. The largest absolute Gasteiger partial charge is 0.444 e. The summed E-state index contributed by atoms with van der Waals surface area (Å²) in [6, 6.07) is 3.71. The highest BCUT2D eigenvalue weighted by atomic mass is 16.6. The van der Waals surface area contributed by atoms with Crippen LogP contribution >= 0.6 is 0 Å². The molecule has 6 nitrogen and oxygen atoms in total. The van der Waals surface area contributed by atoms with Crippen LogP contribution in [0.25, 0.3) is 11.7 Å². The summed E-state index contributed by atoms with van der Waals surface area (Å²) in [5.74, 6) is 0. The van der Waals surface area contributed by atoms with Crippen molar-refractivity contribution < 1.29 is 9.53 Å². The summed E-state index contributed by atoms with van der Waals surface area (Å²) >= 11 is 0. The smallest absolute Gasteiger partial charge is 0.407 e. The van der Waals surface area contributed by atoms with Crippen LogP contribution in [0.4, 0.5) is 4.79 Å². The highest BCUT2D eigenvalue weighted by Gasteiger charge is 2.14. The van der Waals surface area contributed by atoms with Gasteiger partial charge < -0.3 is 10.1 Å². The van der Waals surface area contributed by atoms with Crippen LogP contribution in [0.2, 0.25) is 0 Å². The number of aromatic nitrogens is 3. The molecule has 106 valence electrons. The maximum Gasteiger partial charge on any atom is 0.407 e. The van der Waals surface area contributed by atoms with Crippen LogP contribution in [0, 0.1) is 0 Å². The van der Waals surface area contributed by atoms with Gasteiger partial charge in [-0.3, -0.25) is 0 Å². The van der Waals surface area contributed by atoms with Gasteiger partial charge in [0.05, 0.1) is 11.9 Å². The zero-order valence-electron chi connectivity index (χ0n) is 11.8. The topological polar surface area (TPSA) is 68.5 Å². The molecular weight excluding hydrogens is 256 g/mol. The van der Waals surface area contributed by atoms with Crippen molar-refractivity contribution in [3.63, 3.8) is 0 Å². The van der Waals surface area contributed by atoms with Crippen LogP contribution in [0.15, 0.2) is 30.6 Å². The van der Waals surface area contributed by atoms with Crippen molar-refractivity contribution in [2.24, 2.45) is 0 Å². The number of rotatable bonds is 3. The summed E-state index contributed by atoms with van der Waals surface area (Å²) in [4.78, 5) is 15.7. The van der Waals surface area contributed by atoms with E-state index in [1.165, 1.54) is 0 Å². The normalized spacial score (nSPS) is 11.9. The Morgan fingerprint density at radius 3 is 3.05 bits per heavy atom. The minimum atomic E-state index is -0.487. The van der Waals surface area contributed by atoms with Crippen molar-refractivity contribution in [1.82, 2.24) is 19.9 Å². The monoisotopic (exact) mass is 274 g/mol. The van der Waals surface area contributed by atoms with E-state index in [-0.39, 0.29) is 0 Å². The Balaban J connectivity index is 1.89. The third-order valence-corrected chi connectivity index (χ3v) is 2.36. The van der Waals surface area contributed by atoms with Crippen molar-refractivity contribution in [2.75, 3.05) is 6.54 Å². The van der Waals surface area contributed by atoms with E-state index >= 15 is 0 Å². The average molecular weight is 274 g/mol. The van der Waals surface area contributed by atoms with E-state index in [1.54, 1.807) is 16.9 Å². The zero-order chi connectivity index (χ0) is 14.6. The van der Waals surface area contributed by atoms with Crippen molar-refractivity contribution in [1.29, 1.82) is 0 Å². The molecule has 0 aliphatic rings. The molecule has 0 atom stereocenters. The Hall–Kier alpha value is -2.37. The van der Waals surface area contributed by atoms with E-state index in [0.717, 1.165) is 11.3 Å². The summed E-state index contributed by atoms with van der Waals surface area (Å²) in [5, 5.41) is 6.85. The first kappa shape index (κ1) is 14.0.